The van der Waals surface area contributed by atoms with Crippen molar-refractivity contribution in [1.29, 1.82) is 0 Å². The Morgan fingerprint density at radius 2 is 1.88 bits per heavy atom. The number of rotatable bonds is 5. The van der Waals surface area contributed by atoms with E-state index in [1.807, 2.05) is 0 Å². The fourth-order valence-corrected chi connectivity index (χ4v) is 2.59. The van der Waals surface area contributed by atoms with Crippen molar-refractivity contribution in [2.24, 2.45) is 0 Å². The molecule has 24 heavy (non-hydrogen) atoms. The van der Waals surface area contributed by atoms with Gasteiger partial charge in [-0.3, -0.25) is 4.79 Å². The number of hydrogen-bond acceptors (Lipinski definition) is 4. The number of ether oxygens (including phenoxy) is 2. The summed E-state index contributed by atoms with van der Waals surface area (Å²) in [5.74, 6) is 0.189. The van der Waals surface area contributed by atoms with Crippen molar-refractivity contribution in [3.63, 3.8) is 0 Å². The van der Waals surface area contributed by atoms with Crippen LogP contribution in [0.3, 0.4) is 0 Å². The molecule has 0 aliphatic carbocycles. The van der Waals surface area contributed by atoms with Crippen LogP contribution >= 0.6 is 0 Å². The van der Waals surface area contributed by atoms with E-state index in [-0.39, 0.29) is 24.7 Å². The van der Waals surface area contributed by atoms with Crippen LogP contribution in [0.4, 0.5) is 5.69 Å². The highest BCUT2D eigenvalue weighted by atomic mass is 16.7. The molecular weight excluding hydrogens is 310 g/mol. The lowest BCUT2D eigenvalue weighted by atomic mass is 10.0. The molecule has 124 valence electrons. The van der Waals surface area contributed by atoms with E-state index in [4.69, 9.17) is 9.47 Å². The third-order valence-electron chi connectivity index (χ3n) is 3.97. The molecule has 0 bridgehead atoms. The first kappa shape index (κ1) is 15.9. The lowest BCUT2D eigenvalue weighted by Crippen LogP contribution is -2.26. The first-order chi connectivity index (χ1) is 11.6. The third-order valence-corrected chi connectivity index (χ3v) is 3.97. The Labute approximate surface area is 139 Å². The third kappa shape index (κ3) is 3.17. The van der Waals surface area contributed by atoms with Gasteiger partial charge in [-0.25, -0.2) is 4.79 Å². The standard InChI is InChI=1S/C18H17NO5/c1-19(13-7-8-15-16(10-13)24-11-23-15)17(20)9-6-12-4-2-3-5-14(12)18(21)22/h2-5,7-8,10H,6,9,11H2,1H3,(H,21,22). The molecule has 0 radical (unpaired) electrons. The summed E-state index contributed by atoms with van der Waals surface area (Å²) < 4.78 is 10.6. The Hall–Kier alpha value is -3.02. The lowest BCUT2D eigenvalue weighted by Gasteiger charge is -2.18. The minimum atomic E-state index is -0.984. The summed E-state index contributed by atoms with van der Waals surface area (Å²) in [6, 6.07) is 12.0. The predicted molar refractivity (Wildman–Crippen MR) is 87.7 cm³/mol. The maximum absolute atomic E-state index is 12.4. The van der Waals surface area contributed by atoms with Crippen molar-refractivity contribution in [2.45, 2.75) is 12.8 Å². The smallest absolute Gasteiger partial charge is 0.335 e. The Morgan fingerprint density at radius 1 is 1.12 bits per heavy atom. The molecule has 2 aromatic carbocycles. The number of fused-ring (bicyclic) bond motifs is 1. The van der Waals surface area contributed by atoms with E-state index in [9.17, 15) is 14.7 Å². The van der Waals surface area contributed by atoms with Gasteiger partial charge < -0.3 is 19.5 Å². The molecule has 0 saturated carbocycles. The number of carbonyl (C=O) groups is 2. The molecule has 1 amide bonds. The number of nitrogens with zero attached hydrogens (tertiary/aromatic N) is 1. The zero-order valence-electron chi connectivity index (χ0n) is 13.2. The Kier molecular flexibility index (Phi) is 4.37. The zero-order chi connectivity index (χ0) is 17.1. The van der Waals surface area contributed by atoms with Gasteiger partial charge in [0.25, 0.3) is 0 Å². The number of benzene rings is 2. The maximum Gasteiger partial charge on any atom is 0.335 e. The molecule has 3 rings (SSSR count). The zero-order valence-corrected chi connectivity index (χ0v) is 13.2. The van der Waals surface area contributed by atoms with Crippen LogP contribution in [0.25, 0.3) is 0 Å². The highest BCUT2D eigenvalue weighted by molar-refractivity contribution is 5.94. The maximum atomic E-state index is 12.4. The average Bonchev–Trinajstić information content (AvgIpc) is 3.06. The fraction of sp³-hybridized carbons (Fsp3) is 0.222. The van der Waals surface area contributed by atoms with E-state index < -0.39 is 5.97 Å². The molecule has 1 N–H and O–H groups in total. The number of hydrogen-bond donors (Lipinski definition) is 1. The van der Waals surface area contributed by atoms with Gasteiger partial charge in [-0.05, 0) is 30.2 Å². The van der Waals surface area contributed by atoms with Gasteiger partial charge in [-0.2, -0.15) is 0 Å². The topological polar surface area (TPSA) is 76.1 Å². The molecule has 0 atom stereocenters. The number of aromatic carboxylic acids is 1. The van der Waals surface area contributed by atoms with Crippen LogP contribution in [-0.2, 0) is 11.2 Å². The van der Waals surface area contributed by atoms with Crippen LogP contribution in [0.2, 0.25) is 0 Å². The minimum absolute atomic E-state index is 0.103. The van der Waals surface area contributed by atoms with Gasteiger partial charge in [0.05, 0.1) is 5.56 Å². The van der Waals surface area contributed by atoms with Crippen molar-refractivity contribution >= 4 is 17.6 Å². The summed E-state index contributed by atoms with van der Waals surface area (Å²) >= 11 is 0. The van der Waals surface area contributed by atoms with E-state index in [0.717, 1.165) is 0 Å². The number of carbonyl (C=O) groups excluding carboxylic acids is 1. The van der Waals surface area contributed by atoms with E-state index in [2.05, 4.69) is 0 Å². The monoisotopic (exact) mass is 327 g/mol. The van der Waals surface area contributed by atoms with Crippen LogP contribution in [0.5, 0.6) is 11.5 Å². The molecule has 1 heterocycles. The highest BCUT2D eigenvalue weighted by Gasteiger charge is 2.18. The van der Waals surface area contributed by atoms with Gasteiger partial charge in [0.2, 0.25) is 12.7 Å². The van der Waals surface area contributed by atoms with Crippen LogP contribution < -0.4 is 14.4 Å². The first-order valence-corrected chi connectivity index (χ1v) is 7.53. The van der Waals surface area contributed by atoms with Gasteiger partial charge in [0.1, 0.15) is 0 Å². The summed E-state index contributed by atoms with van der Waals surface area (Å²) in [4.78, 5) is 25.1. The summed E-state index contributed by atoms with van der Waals surface area (Å²) in [5, 5.41) is 9.19. The number of anilines is 1. The summed E-state index contributed by atoms with van der Waals surface area (Å²) in [6.45, 7) is 0.183. The van der Waals surface area contributed by atoms with E-state index in [1.54, 1.807) is 49.5 Å². The second kappa shape index (κ2) is 6.62. The predicted octanol–water partition coefficient (Wildman–Crippen LogP) is 2.71. The second-order valence-corrected chi connectivity index (χ2v) is 5.45. The highest BCUT2D eigenvalue weighted by Crippen LogP contribution is 2.35. The van der Waals surface area contributed by atoms with Crippen molar-refractivity contribution < 1.29 is 24.2 Å². The van der Waals surface area contributed by atoms with Crippen LogP contribution in [0.15, 0.2) is 42.5 Å². The molecule has 0 fully saturated rings. The van der Waals surface area contributed by atoms with E-state index in [0.29, 0.717) is 29.2 Å². The van der Waals surface area contributed by atoms with Crippen LogP contribution in [-0.4, -0.2) is 30.8 Å². The average molecular weight is 327 g/mol. The van der Waals surface area contributed by atoms with Crippen LogP contribution in [0, 0.1) is 0 Å². The molecule has 2 aromatic rings. The first-order valence-electron chi connectivity index (χ1n) is 7.53. The molecule has 0 aromatic heterocycles. The van der Waals surface area contributed by atoms with Gasteiger partial charge in [0, 0.05) is 25.2 Å². The number of amides is 1. The van der Waals surface area contributed by atoms with E-state index >= 15 is 0 Å². The summed E-state index contributed by atoms with van der Waals surface area (Å²) in [5.41, 5.74) is 1.59. The molecule has 0 spiro atoms. The SMILES string of the molecule is CN(C(=O)CCc1ccccc1C(=O)O)c1ccc2c(c1)OCO2. The Morgan fingerprint density at radius 3 is 2.67 bits per heavy atom. The van der Waals surface area contributed by atoms with Gasteiger partial charge in [0.15, 0.2) is 11.5 Å². The Balaban J connectivity index is 1.68. The number of carboxylic acids is 1. The largest absolute Gasteiger partial charge is 0.478 e. The molecule has 1 aliphatic heterocycles. The molecule has 6 nitrogen and oxygen atoms in total. The van der Waals surface area contributed by atoms with Gasteiger partial charge in [-0.15, -0.1) is 0 Å². The molecule has 6 heteroatoms. The van der Waals surface area contributed by atoms with Gasteiger partial charge in [-0.1, -0.05) is 18.2 Å². The van der Waals surface area contributed by atoms with Crippen molar-refractivity contribution in [3.8, 4) is 11.5 Å². The summed E-state index contributed by atoms with van der Waals surface area (Å²) in [6.07, 6.45) is 0.589. The minimum Gasteiger partial charge on any atom is -0.478 e. The van der Waals surface area contributed by atoms with Crippen molar-refractivity contribution in [3.05, 3.63) is 53.6 Å². The molecule has 0 saturated heterocycles. The van der Waals surface area contributed by atoms with Gasteiger partial charge >= 0.3 is 5.97 Å². The Bertz CT molecular complexity index is 787. The normalized spacial score (nSPS) is 12.0. The summed E-state index contributed by atoms with van der Waals surface area (Å²) in [7, 11) is 1.68. The number of aryl methyl sites for hydroxylation is 1. The molecule has 1 aliphatic rings. The fourth-order valence-electron chi connectivity index (χ4n) is 2.59. The lowest BCUT2D eigenvalue weighted by molar-refractivity contribution is -0.118. The van der Waals surface area contributed by atoms with Crippen LogP contribution in [0.1, 0.15) is 22.3 Å². The molecule has 0 unspecified atom stereocenters. The van der Waals surface area contributed by atoms with Crippen molar-refractivity contribution in [1.82, 2.24) is 0 Å². The number of carboxylic acid groups (broad SMARTS) is 1. The van der Waals surface area contributed by atoms with Crippen molar-refractivity contribution in [2.75, 3.05) is 18.7 Å². The quantitative estimate of drug-likeness (QED) is 0.914. The molecular formula is C18H17NO5. The second-order valence-electron chi connectivity index (χ2n) is 5.45. The van der Waals surface area contributed by atoms with E-state index in [1.165, 1.54) is 4.90 Å².